The van der Waals surface area contributed by atoms with E-state index in [1.807, 2.05) is 0 Å². The second-order valence-corrected chi connectivity index (χ2v) is 3.92. The molecule has 0 heterocycles. The predicted molar refractivity (Wildman–Crippen MR) is 66.0 cm³/mol. The third kappa shape index (κ3) is 3.94. The van der Waals surface area contributed by atoms with Crippen molar-refractivity contribution in [3.05, 3.63) is 11.6 Å². The first kappa shape index (κ1) is 12.1. The van der Waals surface area contributed by atoms with Gasteiger partial charge in [0.2, 0.25) is 0 Å². The van der Waals surface area contributed by atoms with Crippen molar-refractivity contribution in [1.82, 2.24) is 4.90 Å². The van der Waals surface area contributed by atoms with E-state index in [0.29, 0.717) is 5.96 Å². The van der Waals surface area contributed by atoms with E-state index in [0.717, 1.165) is 26.1 Å². The van der Waals surface area contributed by atoms with Crippen LogP contribution in [0, 0.1) is 0 Å². The highest BCUT2D eigenvalue weighted by atomic mass is 15.2. The lowest BCUT2D eigenvalue weighted by atomic mass is 10.2. The fourth-order valence-electron chi connectivity index (χ4n) is 1.93. The topological polar surface area (TPSA) is 41.6 Å². The van der Waals surface area contributed by atoms with Gasteiger partial charge in [0.15, 0.2) is 5.96 Å². The molecule has 3 nitrogen and oxygen atoms in total. The van der Waals surface area contributed by atoms with Crippen molar-refractivity contribution in [2.24, 2.45) is 10.7 Å². The first-order valence-electron chi connectivity index (χ1n) is 6.00. The highest BCUT2D eigenvalue weighted by Crippen LogP contribution is 2.20. The van der Waals surface area contributed by atoms with Crippen molar-refractivity contribution in [3.8, 4) is 0 Å². The van der Waals surface area contributed by atoms with Crippen molar-refractivity contribution < 1.29 is 0 Å². The first-order valence-corrected chi connectivity index (χ1v) is 6.00. The fourth-order valence-corrected chi connectivity index (χ4v) is 1.93. The van der Waals surface area contributed by atoms with Crippen LogP contribution in [0.4, 0.5) is 0 Å². The van der Waals surface area contributed by atoms with Gasteiger partial charge in [0.25, 0.3) is 0 Å². The molecule has 0 bridgehead atoms. The molecule has 2 N–H and O–H groups in total. The molecule has 0 aromatic heterocycles. The van der Waals surface area contributed by atoms with Crippen LogP contribution >= 0.6 is 0 Å². The monoisotopic (exact) mass is 209 g/mol. The van der Waals surface area contributed by atoms with Gasteiger partial charge in [0, 0.05) is 19.6 Å². The van der Waals surface area contributed by atoms with E-state index < -0.39 is 0 Å². The molecule has 1 aliphatic carbocycles. The quantitative estimate of drug-likeness (QED) is 0.428. The molecule has 0 aliphatic heterocycles. The Hall–Kier alpha value is -0.990. The summed E-state index contributed by atoms with van der Waals surface area (Å²) in [6.07, 6.45) is 7.28. The number of nitrogens with zero attached hydrogens (tertiary/aromatic N) is 2. The van der Waals surface area contributed by atoms with Gasteiger partial charge in [-0.05, 0) is 39.5 Å². The Morgan fingerprint density at radius 2 is 2.20 bits per heavy atom. The minimum absolute atomic E-state index is 0.693. The zero-order valence-electron chi connectivity index (χ0n) is 10.00. The normalized spacial score (nSPS) is 16.7. The molecule has 0 atom stereocenters. The Morgan fingerprint density at radius 3 is 2.73 bits per heavy atom. The van der Waals surface area contributed by atoms with Crippen LogP contribution in [-0.2, 0) is 0 Å². The largest absolute Gasteiger partial charge is 0.370 e. The smallest absolute Gasteiger partial charge is 0.191 e. The van der Waals surface area contributed by atoms with Gasteiger partial charge in [0.05, 0.1) is 0 Å². The Balaban J connectivity index is 2.29. The second kappa shape index (κ2) is 6.49. The van der Waals surface area contributed by atoms with Crippen LogP contribution in [0.1, 0.15) is 39.5 Å². The molecule has 0 saturated carbocycles. The van der Waals surface area contributed by atoms with E-state index in [9.17, 15) is 0 Å². The summed E-state index contributed by atoms with van der Waals surface area (Å²) in [5.41, 5.74) is 7.44. The van der Waals surface area contributed by atoms with Gasteiger partial charge >= 0.3 is 0 Å². The molecule has 1 aliphatic rings. The van der Waals surface area contributed by atoms with E-state index in [1.165, 1.54) is 19.3 Å². The molecule has 0 spiro atoms. The minimum atomic E-state index is 0.693. The summed E-state index contributed by atoms with van der Waals surface area (Å²) in [7, 11) is 0. The van der Waals surface area contributed by atoms with Gasteiger partial charge < -0.3 is 10.6 Å². The molecule has 0 fully saturated rings. The molecule has 0 unspecified atom stereocenters. The molecule has 86 valence electrons. The number of nitrogens with two attached hydrogens (primary N) is 1. The van der Waals surface area contributed by atoms with Gasteiger partial charge in [-0.1, -0.05) is 11.6 Å². The van der Waals surface area contributed by atoms with E-state index >= 15 is 0 Å². The minimum Gasteiger partial charge on any atom is -0.370 e. The standard InChI is InChI=1S/C12H23N3/c1-3-15(4-2)12(13)14-10-9-11-7-5-6-8-11/h7H,3-6,8-10H2,1-2H3,(H2,13,14). The third-order valence-electron chi connectivity index (χ3n) is 2.93. The lowest BCUT2D eigenvalue weighted by molar-refractivity contribution is 0.458. The van der Waals surface area contributed by atoms with Crippen LogP contribution in [0.15, 0.2) is 16.6 Å². The van der Waals surface area contributed by atoms with Gasteiger partial charge in [0.1, 0.15) is 0 Å². The molecule has 15 heavy (non-hydrogen) atoms. The van der Waals surface area contributed by atoms with Crippen molar-refractivity contribution in [2.45, 2.75) is 39.5 Å². The lowest BCUT2D eigenvalue weighted by Crippen LogP contribution is -2.37. The number of guanidine groups is 1. The molecule has 3 heteroatoms. The number of hydrogen-bond donors (Lipinski definition) is 1. The summed E-state index contributed by atoms with van der Waals surface area (Å²) in [5, 5.41) is 0. The van der Waals surface area contributed by atoms with Gasteiger partial charge in [-0.15, -0.1) is 0 Å². The fraction of sp³-hybridized carbons (Fsp3) is 0.750. The number of hydrogen-bond acceptors (Lipinski definition) is 1. The van der Waals surface area contributed by atoms with Crippen molar-refractivity contribution in [3.63, 3.8) is 0 Å². The summed E-state index contributed by atoms with van der Waals surface area (Å²) in [6, 6.07) is 0. The molecule has 0 radical (unpaired) electrons. The van der Waals surface area contributed by atoms with Crippen LogP contribution in [0.5, 0.6) is 0 Å². The van der Waals surface area contributed by atoms with Crippen molar-refractivity contribution in [1.29, 1.82) is 0 Å². The molecule has 0 saturated heterocycles. The average Bonchev–Trinajstić information content (AvgIpc) is 2.72. The maximum atomic E-state index is 5.88. The average molecular weight is 209 g/mol. The van der Waals surface area contributed by atoms with Crippen LogP contribution in [0.2, 0.25) is 0 Å². The van der Waals surface area contributed by atoms with E-state index in [1.54, 1.807) is 5.57 Å². The van der Waals surface area contributed by atoms with Crippen LogP contribution in [-0.4, -0.2) is 30.5 Å². The molecule has 0 amide bonds. The van der Waals surface area contributed by atoms with Gasteiger partial charge in [-0.3, -0.25) is 4.99 Å². The summed E-state index contributed by atoms with van der Waals surface area (Å²) < 4.78 is 0. The van der Waals surface area contributed by atoms with E-state index in [2.05, 4.69) is 29.8 Å². The van der Waals surface area contributed by atoms with E-state index in [-0.39, 0.29) is 0 Å². The van der Waals surface area contributed by atoms with Crippen LogP contribution in [0.3, 0.4) is 0 Å². The lowest BCUT2D eigenvalue weighted by Gasteiger charge is -2.19. The highest BCUT2D eigenvalue weighted by Gasteiger charge is 2.04. The molecular weight excluding hydrogens is 186 g/mol. The summed E-state index contributed by atoms with van der Waals surface area (Å²) in [5.74, 6) is 0.693. The van der Waals surface area contributed by atoms with Crippen molar-refractivity contribution in [2.75, 3.05) is 19.6 Å². The number of rotatable bonds is 5. The predicted octanol–water partition coefficient (Wildman–Crippen LogP) is 2.14. The molecule has 0 aromatic rings. The first-order chi connectivity index (χ1) is 7.27. The van der Waals surface area contributed by atoms with Crippen LogP contribution < -0.4 is 5.73 Å². The van der Waals surface area contributed by atoms with Gasteiger partial charge in [-0.25, -0.2) is 0 Å². The number of aliphatic imine (C=N–C) groups is 1. The van der Waals surface area contributed by atoms with E-state index in [4.69, 9.17) is 5.73 Å². The summed E-state index contributed by atoms with van der Waals surface area (Å²) >= 11 is 0. The Labute approximate surface area is 93.1 Å². The zero-order valence-corrected chi connectivity index (χ0v) is 10.00. The van der Waals surface area contributed by atoms with Crippen LogP contribution in [0.25, 0.3) is 0 Å². The second-order valence-electron chi connectivity index (χ2n) is 3.92. The maximum Gasteiger partial charge on any atom is 0.191 e. The SMILES string of the molecule is CCN(CC)C(N)=NCCC1=CCCC1. The Morgan fingerprint density at radius 1 is 1.47 bits per heavy atom. The molecular formula is C12H23N3. The Bertz CT molecular complexity index is 239. The van der Waals surface area contributed by atoms with Gasteiger partial charge in [-0.2, -0.15) is 0 Å². The molecule has 1 rings (SSSR count). The zero-order chi connectivity index (χ0) is 11.1. The highest BCUT2D eigenvalue weighted by molar-refractivity contribution is 5.77. The van der Waals surface area contributed by atoms with Crippen molar-refractivity contribution >= 4 is 5.96 Å². The molecule has 0 aromatic carbocycles. The number of allylic oxidation sites excluding steroid dienone is 1. The Kier molecular flexibility index (Phi) is 5.22. The third-order valence-corrected chi connectivity index (χ3v) is 2.93. The maximum absolute atomic E-state index is 5.88. The summed E-state index contributed by atoms with van der Waals surface area (Å²) in [4.78, 5) is 6.50. The summed E-state index contributed by atoms with van der Waals surface area (Å²) in [6.45, 7) is 6.92.